The molecule has 38 heavy (non-hydrogen) atoms. The van der Waals surface area contributed by atoms with Gasteiger partial charge in [-0.05, 0) is 85.4 Å². The van der Waals surface area contributed by atoms with Gasteiger partial charge < -0.3 is 14.9 Å². The number of carbonyl (C=O) groups is 1. The quantitative estimate of drug-likeness (QED) is 0.321. The van der Waals surface area contributed by atoms with E-state index in [9.17, 15) is 9.90 Å². The van der Waals surface area contributed by atoms with Crippen molar-refractivity contribution in [2.45, 2.75) is 51.0 Å². The van der Waals surface area contributed by atoms with E-state index in [0.717, 1.165) is 71.2 Å². The van der Waals surface area contributed by atoms with E-state index >= 15 is 0 Å². The van der Waals surface area contributed by atoms with E-state index in [1.165, 1.54) is 11.1 Å². The lowest BCUT2D eigenvalue weighted by Crippen LogP contribution is -2.46. The molecule has 1 unspecified atom stereocenters. The summed E-state index contributed by atoms with van der Waals surface area (Å²) in [6.07, 6.45) is 5.57. The maximum absolute atomic E-state index is 12.9. The number of piperidine rings is 1. The Hall–Kier alpha value is -1.89. The molecule has 1 N–H and O–H groups in total. The van der Waals surface area contributed by atoms with Crippen molar-refractivity contribution in [1.82, 2.24) is 9.80 Å². The number of nitrogens with zero attached hydrogens (tertiary/aromatic N) is 2. The standard InChI is InChI=1S/C27H34Cl2N2O2.C4H4S/c1-20-6-2-3-7-22(20)8-5-12-27(33)13-16-30(17-14-27)18-21-11-15-31(19-21)26(32)23-9-4-10-24(28)25(23)29;1-2-4-5-3-1/h2-4,6-7,9-10,21,33H,5,8,11-19H2,1H3;1-4H. The molecule has 204 valence electrons. The van der Waals surface area contributed by atoms with Gasteiger partial charge in [0.15, 0.2) is 0 Å². The van der Waals surface area contributed by atoms with Crippen LogP contribution in [-0.4, -0.2) is 59.1 Å². The zero-order valence-electron chi connectivity index (χ0n) is 22.1. The molecule has 0 bridgehead atoms. The van der Waals surface area contributed by atoms with Gasteiger partial charge in [-0.3, -0.25) is 4.79 Å². The number of aryl methyl sites for hydroxylation is 2. The Morgan fingerprint density at radius 3 is 2.45 bits per heavy atom. The lowest BCUT2D eigenvalue weighted by atomic mass is 9.85. The Labute approximate surface area is 241 Å². The molecule has 5 rings (SSSR count). The second-order valence-corrected chi connectivity index (χ2v) is 12.2. The van der Waals surface area contributed by atoms with Crippen molar-refractivity contribution in [3.05, 3.63) is 92.1 Å². The summed E-state index contributed by atoms with van der Waals surface area (Å²) < 4.78 is 0. The Morgan fingerprint density at radius 2 is 1.76 bits per heavy atom. The minimum absolute atomic E-state index is 0.0355. The molecule has 1 amide bonds. The van der Waals surface area contributed by atoms with Crippen LogP contribution in [0.1, 0.15) is 53.6 Å². The number of halogens is 2. The summed E-state index contributed by atoms with van der Waals surface area (Å²) in [4.78, 5) is 17.3. The van der Waals surface area contributed by atoms with E-state index < -0.39 is 5.60 Å². The topological polar surface area (TPSA) is 43.8 Å². The zero-order chi connectivity index (χ0) is 27.0. The first kappa shape index (κ1) is 29.1. The third-order valence-electron chi connectivity index (χ3n) is 7.83. The summed E-state index contributed by atoms with van der Waals surface area (Å²) in [6, 6.07) is 17.8. The molecule has 2 aliphatic rings. The van der Waals surface area contributed by atoms with Crippen LogP contribution in [0.25, 0.3) is 0 Å². The zero-order valence-corrected chi connectivity index (χ0v) is 24.4. The molecule has 3 aromatic rings. The van der Waals surface area contributed by atoms with Gasteiger partial charge in [0.2, 0.25) is 0 Å². The van der Waals surface area contributed by atoms with Crippen molar-refractivity contribution in [2.24, 2.45) is 5.92 Å². The molecule has 1 atom stereocenters. The predicted octanol–water partition coefficient (Wildman–Crippen LogP) is 7.36. The summed E-state index contributed by atoms with van der Waals surface area (Å²) in [7, 11) is 0. The van der Waals surface area contributed by atoms with Gasteiger partial charge in [0.05, 0.1) is 21.2 Å². The summed E-state index contributed by atoms with van der Waals surface area (Å²) in [5, 5.41) is 15.9. The van der Waals surface area contributed by atoms with Crippen LogP contribution in [0.3, 0.4) is 0 Å². The second kappa shape index (κ2) is 14.0. The smallest absolute Gasteiger partial charge is 0.255 e. The third kappa shape index (κ3) is 8.06. The first-order valence-electron chi connectivity index (χ1n) is 13.5. The molecule has 3 heterocycles. The molecule has 2 saturated heterocycles. The van der Waals surface area contributed by atoms with Crippen molar-refractivity contribution in [3.8, 4) is 0 Å². The van der Waals surface area contributed by atoms with Gasteiger partial charge in [-0.25, -0.2) is 0 Å². The molecule has 2 aromatic carbocycles. The number of carbonyl (C=O) groups excluding carboxylic acids is 1. The number of aliphatic hydroxyl groups is 1. The fraction of sp³-hybridized carbons (Fsp3) is 0.452. The minimum atomic E-state index is -0.541. The van der Waals surface area contributed by atoms with Crippen LogP contribution in [0.2, 0.25) is 10.0 Å². The van der Waals surface area contributed by atoms with Gasteiger partial charge in [0.1, 0.15) is 0 Å². The summed E-state index contributed by atoms with van der Waals surface area (Å²) in [5.41, 5.74) is 2.66. The summed E-state index contributed by atoms with van der Waals surface area (Å²) in [6.45, 7) is 6.48. The van der Waals surface area contributed by atoms with E-state index in [-0.39, 0.29) is 5.91 Å². The van der Waals surface area contributed by atoms with Gasteiger partial charge >= 0.3 is 0 Å². The number of benzene rings is 2. The highest BCUT2D eigenvalue weighted by Crippen LogP contribution is 2.31. The van der Waals surface area contributed by atoms with Crippen LogP contribution in [0.5, 0.6) is 0 Å². The van der Waals surface area contributed by atoms with E-state index in [1.54, 1.807) is 29.5 Å². The first-order chi connectivity index (χ1) is 18.3. The van der Waals surface area contributed by atoms with Crippen LogP contribution in [-0.2, 0) is 6.42 Å². The lowest BCUT2D eigenvalue weighted by molar-refractivity contribution is -0.0312. The highest BCUT2D eigenvalue weighted by molar-refractivity contribution is 7.07. The maximum Gasteiger partial charge on any atom is 0.255 e. The molecule has 7 heteroatoms. The van der Waals surface area contributed by atoms with Crippen LogP contribution in [0.15, 0.2) is 65.4 Å². The van der Waals surface area contributed by atoms with Gasteiger partial charge in [-0.1, -0.05) is 65.7 Å². The average Bonchev–Trinajstić information content (AvgIpc) is 3.64. The van der Waals surface area contributed by atoms with Crippen molar-refractivity contribution in [2.75, 3.05) is 32.7 Å². The molecular weight excluding hydrogens is 535 g/mol. The predicted molar refractivity (Wildman–Crippen MR) is 160 cm³/mol. The van der Waals surface area contributed by atoms with Crippen molar-refractivity contribution in [1.29, 1.82) is 0 Å². The number of hydrogen-bond donors (Lipinski definition) is 1. The first-order valence-corrected chi connectivity index (χ1v) is 15.2. The van der Waals surface area contributed by atoms with E-state index in [2.05, 4.69) is 36.1 Å². The largest absolute Gasteiger partial charge is 0.390 e. The molecule has 0 aliphatic carbocycles. The van der Waals surface area contributed by atoms with Gasteiger partial charge in [-0.15, -0.1) is 0 Å². The van der Waals surface area contributed by atoms with Gasteiger partial charge in [-0.2, -0.15) is 11.3 Å². The fourth-order valence-corrected chi connectivity index (χ4v) is 6.33. The monoisotopic (exact) mass is 572 g/mol. The lowest BCUT2D eigenvalue weighted by Gasteiger charge is -2.39. The number of rotatable bonds is 7. The number of thiophene rings is 1. The number of likely N-dealkylation sites (tertiary alicyclic amines) is 2. The van der Waals surface area contributed by atoms with Crippen molar-refractivity contribution >= 4 is 40.4 Å². The van der Waals surface area contributed by atoms with Crippen LogP contribution < -0.4 is 0 Å². The van der Waals surface area contributed by atoms with Crippen LogP contribution >= 0.6 is 34.5 Å². The summed E-state index contributed by atoms with van der Waals surface area (Å²) >= 11 is 14.1. The third-order valence-corrected chi connectivity index (χ3v) is 9.28. The molecule has 4 nitrogen and oxygen atoms in total. The number of hydrogen-bond acceptors (Lipinski definition) is 4. The molecule has 0 radical (unpaired) electrons. The Bertz CT molecular complexity index is 1150. The Kier molecular flexibility index (Phi) is 10.7. The van der Waals surface area contributed by atoms with Crippen LogP contribution in [0.4, 0.5) is 0 Å². The SMILES string of the molecule is Cc1ccccc1CCCC1(O)CCN(CC2CCN(C(=O)c3cccc(Cl)c3Cl)C2)CC1.c1ccsc1. The molecular formula is C31H38Cl2N2O2S. The normalized spacial score (nSPS) is 19.2. The van der Waals surface area contributed by atoms with Crippen LogP contribution in [0, 0.1) is 12.8 Å². The minimum Gasteiger partial charge on any atom is -0.390 e. The summed E-state index contributed by atoms with van der Waals surface area (Å²) in [5.74, 6) is 0.422. The highest BCUT2D eigenvalue weighted by Gasteiger charge is 2.34. The Morgan fingerprint density at radius 1 is 1.03 bits per heavy atom. The van der Waals surface area contributed by atoms with Gasteiger partial charge in [0, 0.05) is 32.7 Å². The maximum atomic E-state index is 12.9. The molecule has 0 spiro atoms. The molecule has 0 saturated carbocycles. The second-order valence-electron chi connectivity index (χ2n) is 10.6. The van der Waals surface area contributed by atoms with Gasteiger partial charge in [0.25, 0.3) is 5.91 Å². The molecule has 2 aliphatic heterocycles. The Balaban J connectivity index is 0.000000603. The van der Waals surface area contributed by atoms with Crippen molar-refractivity contribution in [3.63, 3.8) is 0 Å². The molecule has 1 aromatic heterocycles. The number of amides is 1. The van der Waals surface area contributed by atoms with E-state index in [4.69, 9.17) is 23.2 Å². The van der Waals surface area contributed by atoms with Crippen molar-refractivity contribution < 1.29 is 9.90 Å². The van der Waals surface area contributed by atoms with E-state index in [1.807, 2.05) is 27.8 Å². The highest BCUT2D eigenvalue weighted by atomic mass is 35.5. The fourth-order valence-electron chi connectivity index (χ4n) is 5.50. The molecule has 2 fully saturated rings. The van der Waals surface area contributed by atoms with E-state index in [0.29, 0.717) is 21.5 Å². The average molecular weight is 574 g/mol.